The van der Waals surface area contributed by atoms with Gasteiger partial charge in [-0.05, 0) is 42.0 Å². The maximum absolute atomic E-state index is 14.0. The van der Waals surface area contributed by atoms with Crippen LogP contribution < -0.4 is 5.32 Å². The first-order valence-electron chi connectivity index (χ1n) is 12.3. The van der Waals surface area contributed by atoms with Gasteiger partial charge in [0.15, 0.2) is 0 Å². The van der Waals surface area contributed by atoms with Gasteiger partial charge in [0.1, 0.15) is 6.04 Å². The standard InChI is InChI=1S/C28H30N4O2S/c33-26(16-22-11-7-15-35-22)32(19-20-8-6-14-29-17-20)27(28(34)31-21-9-2-1-3-10-21)24-18-30-25-13-5-4-12-23(24)25/h4-8,11-15,17-18,21,27,30H,1-3,9-10,16,19H2,(H,31,34). The molecule has 3 heterocycles. The van der Waals surface area contributed by atoms with Crippen molar-refractivity contribution in [1.29, 1.82) is 0 Å². The zero-order chi connectivity index (χ0) is 24.0. The lowest BCUT2D eigenvalue weighted by atomic mass is 9.94. The van der Waals surface area contributed by atoms with Gasteiger partial charge in [-0.25, -0.2) is 0 Å². The third kappa shape index (κ3) is 5.46. The first-order valence-corrected chi connectivity index (χ1v) is 13.1. The third-order valence-corrected chi connectivity index (χ3v) is 7.61. The molecule has 2 amide bonds. The average Bonchev–Trinajstić information content (AvgIpc) is 3.55. The summed E-state index contributed by atoms with van der Waals surface area (Å²) in [4.78, 5) is 38.0. The number of carbonyl (C=O) groups is 2. The van der Waals surface area contributed by atoms with E-state index >= 15 is 0 Å². The summed E-state index contributed by atoms with van der Waals surface area (Å²) >= 11 is 1.56. The molecule has 180 valence electrons. The van der Waals surface area contributed by atoms with E-state index in [9.17, 15) is 9.59 Å². The van der Waals surface area contributed by atoms with E-state index in [1.54, 1.807) is 28.6 Å². The number of hydrogen-bond acceptors (Lipinski definition) is 4. The second kappa shape index (κ2) is 10.9. The van der Waals surface area contributed by atoms with Crippen LogP contribution in [0, 0.1) is 0 Å². The van der Waals surface area contributed by atoms with Crippen LogP contribution in [0.1, 0.15) is 54.1 Å². The molecule has 0 bridgehead atoms. The summed E-state index contributed by atoms with van der Waals surface area (Å²) in [6, 6.07) is 15.1. The number of nitrogens with zero attached hydrogens (tertiary/aromatic N) is 2. The van der Waals surface area contributed by atoms with Gasteiger partial charge in [-0.1, -0.05) is 49.6 Å². The summed E-state index contributed by atoms with van der Waals surface area (Å²) in [5.74, 6) is -0.199. The molecule has 1 aromatic carbocycles. The Morgan fingerprint density at radius 2 is 1.94 bits per heavy atom. The van der Waals surface area contributed by atoms with Crippen LogP contribution in [0.4, 0.5) is 0 Å². The Kier molecular flexibility index (Phi) is 7.23. The van der Waals surface area contributed by atoms with Gasteiger partial charge < -0.3 is 15.2 Å². The second-order valence-electron chi connectivity index (χ2n) is 9.17. The number of carbonyl (C=O) groups excluding carboxylic acids is 2. The molecular weight excluding hydrogens is 456 g/mol. The van der Waals surface area contributed by atoms with E-state index in [1.807, 2.05) is 60.1 Å². The quantitative estimate of drug-likeness (QED) is 0.351. The van der Waals surface area contributed by atoms with Crippen LogP contribution >= 0.6 is 11.3 Å². The minimum atomic E-state index is -0.749. The molecule has 2 N–H and O–H groups in total. The molecule has 7 heteroatoms. The maximum Gasteiger partial charge on any atom is 0.247 e. The molecule has 1 aliphatic rings. The predicted octanol–water partition coefficient (Wildman–Crippen LogP) is 5.39. The highest BCUT2D eigenvalue weighted by molar-refractivity contribution is 7.10. The van der Waals surface area contributed by atoms with Crippen LogP contribution in [0.25, 0.3) is 10.9 Å². The van der Waals surface area contributed by atoms with E-state index in [2.05, 4.69) is 15.3 Å². The summed E-state index contributed by atoms with van der Waals surface area (Å²) in [7, 11) is 0. The van der Waals surface area contributed by atoms with Gasteiger partial charge in [0, 0.05) is 52.5 Å². The lowest BCUT2D eigenvalue weighted by Gasteiger charge is -2.33. The maximum atomic E-state index is 14.0. The predicted molar refractivity (Wildman–Crippen MR) is 139 cm³/mol. The largest absolute Gasteiger partial charge is 0.361 e. The van der Waals surface area contributed by atoms with Crippen molar-refractivity contribution in [2.75, 3.05) is 0 Å². The van der Waals surface area contributed by atoms with Gasteiger partial charge in [0.05, 0.1) is 6.42 Å². The Morgan fingerprint density at radius 1 is 1.09 bits per heavy atom. The number of amides is 2. The SMILES string of the molecule is O=C(NC1CCCCC1)C(c1c[nH]c2ccccc12)N(Cc1cccnc1)C(=O)Cc1cccs1. The Morgan fingerprint density at radius 3 is 2.71 bits per heavy atom. The summed E-state index contributed by atoms with van der Waals surface area (Å²) in [6.07, 6.45) is 11.0. The summed E-state index contributed by atoms with van der Waals surface area (Å²) < 4.78 is 0. The number of thiophene rings is 1. The number of hydrogen-bond donors (Lipinski definition) is 2. The molecule has 0 spiro atoms. The Balaban J connectivity index is 1.54. The zero-order valence-corrected chi connectivity index (χ0v) is 20.5. The van der Waals surface area contributed by atoms with Crippen molar-refractivity contribution in [3.63, 3.8) is 0 Å². The normalized spacial score (nSPS) is 15.1. The van der Waals surface area contributed by atoms with Gasteiger partial charge in [0.25, 0.3) is 0 Å². The fraction of sp³-hybridized carbons (Fsp3) is 0.321. The molecule has 1 unspecified atom stereocenters. The average molecular weight is 487 g/mol. The van der Waals surface area contributed by atoms with Gasteiger partial charge in [-0.2, -0.15) is 0 Å². The lowest BCUT2D eigenvalue weighted by Crippen LogP contribution is -2.47. The van der Waals surface area contributed by atoms with Crippen molar-refractivity contribution < 1.29 is 9.59 Å². The highest BCUT2D eigenvalue weighted by atomic mass is 32.1. The first-order chi connectivity index (χ1) is 17.2. The molecule has 0 aliphatic heterocycles. The number of aromatic amines is 1. The molecule has 1 fully saturated rings. The minimum Gasteiger partial charge on any atom is -0.361 e. The molecule has 0 radical (unpaired) electrons. The van der Waals surface area contributed by atoms with E-state index < -0.39 is 6.04 Å². The molecule has 0 saturated heterocycles. The van der Waals surface area contributed by atoms with Gasteiger partial charge in [0.2, 0.25) is 11.8 Å². The summed E-state index contributed by atoms with van der Waals surface area (Å²) in [6.45, 7) is 0.306. The van der Waals surface area contributed by atoms with E-state index in [0.29, 0.717) is 6.54 Å². The highest BCUT2D eigenvalue weighted by Crippen LogP contribution is 2.31. The number of rotatable bonds is 8. The molecular formula is C28H30N4O2S. The van der Waals surface area contributed by atoms with Crippen molar-refractivity contribution >= 4 is 34.1 Å². The number of para-hydroxylation sites is 1. The molecule has 35 heavy (non-hydrogen) atoms. The number of pyridine rings is 1. The van der Waals surface area contributed by atoms with E-state index in [0.717, 1.165) is 52.6 Å². The van der Waals surface area contributed by atoms with Crippen molar-refractivity contribution in [3.8, 4) is 0 Å². The monoisotopic (exact) mass is 486 g/mol. The Bertz CT molecular complexity index is 1260. The van der Waals surface area contributed by atoms with Crippen LogP contribution in [-0.4, -0.2) is 32.7 Å². The minimum absolute atomic E-state index is 0.0784. The van der Waals surface area contributed by atoms with E-state index in [4.69, 9.17) is 0 Å². The Labute approximate surface area is 209 Å². The highest BCUT2D eigenvalue weighted by Gasteiger charge is 2.34. The van der Waals surface area contributed by atoms with Crippen molar-refractivity contribution in [1.82, 2.24) is 20.2 Å². The molecule has 3 aromatic heterocycles. The molecule has 5 rings (SSSR count). The number of H-pyrrole nitrogens is 1. The molecule has 6 nitrogen and oxygen atoms in total. The van der Waals surface area contributed by atoms with E-state index in [-0.39, 0.29) is 24.3 Å². The van der Waals surface area contributed by atoms with Crippen LogP contribution in [0.3, 0.4) is 0 Å². The van der Waals surface area contributed by atoms with Crippen LogP contribution in [0.5, 0.6) is 0 Å². The number of benzene rings is 1. The van der Waals surface area contributed by atoms with Crippen molar-refractivity contribution in [2.24, 2.45) is 0 Å². The summed E-state index contributed by atoms with van der Waals surface area (Å²) in [5.41, 5.74) is 2.66. The summed E-state index contributed by atoms with van der Waals surface area (Å²) in [5, 5.41) is 6.22. The lowest BCUT2D eigenvalue weighted by molar-refractivity contribution is -0.141. The topological polar surface area (TPSA) is 78.1 Å². The van der Waals surface area contributed by atoms with Gasteiger partial charge in [-0.15, -0.1) is 11.3 Å². The number of fused-ring (bicyclic) bond motifs is 1. The van der Waals surface area contributed by atoms with Crippen LogP contribution in [-0.2, 0) is 22.6 Å². The second-order valence-corrected chi connectivity index (χ2v) is 10.2. The van der Waals surface area contributed by atoms with E-state index in [1.165, 1.54) is 6.42 Å². The van der Waals surface area contributed by atoms with Crippen molar-refractivity contribution in [3.05, 3.63) is 88.5 Å². The van der Waals surface area contributed by atoms with Crippen molar-refractivity contribution in [2.45, 2.75) is 57.2 Å². The molecule has 1 saturated carbocycles. The van der Waals surface area contributed by atoms with Gasteiger partial charge >= 0.3 is 0 Å². The van der Waals surface area contributed by atoms with Crippen LogP contribution in [0.15, 0.2) is 72.5 Å². The van der Waals surface area contributed by atoms with Crippen LogP contribution in [0.2, 0.25) is 0 Å². The molecule has 4 aromatic rings. The zero-order valence-electron chi connectivity index (χ0n) is 19.7. The van der Waals surface area contributed by atoms with Gasteiger partial charge in [-0.3, -0.25) is 14.6 Å². The Hall–Kier alpha value is -3.45. The molecule has 1 atom stereocenters. The number of nitrogens with one attached hydrogen (secondary N) is 2. The first kappa shape index (κ1) is 23.3. The number of aromatic nitrogens is 2. The molecule has 1 aliphatic carbocycles. The third-order valence-electron chi connectivity index (χ3n) is 6.73. The fourth-order valence-corrected chi connectivity index (χ4v) is 5.67. The fourth-order valence-electron chi connectivity index (χ4n) is 4.97. The smallest absolute Gasteiger partial charge is 0.247 e.